The van der Waals surface area contributed by atoms with Crippen LogP contribution in [0.25, 0.3) is 0 Å². The molecule has 6 N–H and O–H groups in total. The normalized spacial score (nSPS) is 30.6. The topological polar surface area (TPSA) is 140 Å². The number of ether oxygens (including phenoxy) is 2. The van der Waals surface area contributed by atoms with Gasteiger partial charge in [0, 0.05) is 5.56 Å². The van der Waals surface area contributed by atoms with Crippen molar-refractivity contribution in [3.05, 3.63) is 17.2 Å². The molecule has 8 heteroatoms. The lowest BCUT2D eigenvalue weighted by atomic mass is 9.97. The van der Waals surface area contributed by atoms with Crippen molar-refractivity contribution in [2.45, 2.75) is 57.4 Å². The van der Waals surface area contributed by atoms with Gasteiger partial charge in [0.1, 0.15) is 30.2 Å². The lowest BCUT2D eigenvalue weighted by Crippen LogP contribution is -2.60. The van der Waals surface area contributed by atoms with Gasteiger partial charge in [0.2, 0.25) is 6.29 Å². The molecule has 0 radical (unpaired) electrons. The number of hydrogen-bond acceptors (Lipinski definition) is 8. The van der Waals surface area contributed by atoms with Crippen molar-refractivity contribution in [2.24, 2.45) is 0 Å². The van der Waals surface area contributed by atoms with E-state index in [1.807, 2.05) is 0 Å². The van der Waals surface area contributed by atoms with E-state index in [9.17, 15) is 30.6 Å². The number of aliphatic hydroxyl groups is 4. The minimum Gasteiger partial charge on any atom is -0.508 e. The summed E-state index contributed by atoms with van der Waals surface area (Å²) in [7, 11) is 0. The summed E-state index contributed by atoms with van der Waals surface area (Å²) in [5.74, 6) is -0.600. The van der Waals surface area contributed by atoms with E-state index in [4.69, 9.17) is 9.47 Å². The molecule has 1 aliphatic heterocycles. The number of benzene rings is 1. The van der Waals surface area contributed by atoms with Gasteiger partial charge in [0.25, 0.3) is 0 Å². The summed E-state index contributed by atoms with van der Waals surface area (Å²) < 4.78 is 10.8. The van der Waals surface area contributed by atoms with Crippen LogP contribution in [0.1, 0.15) is 30.9 Å². The zero-order valence-electron chi connectivity index (χ0n) is 13.7. The molecule has 1 aliphatic rings. The predicted octanol–water partition coefficient (Wildman–Crippen LogP) is -0.292. The third-order valence-electron chi connectivity index (χ3n) is 4.12. The van der Waals surface area contributed by atoms with Gasteiger partial charge in [-0.1, -0.05) is 13.8 Å². The van der Waals surface area contributed by atoms with Crippen molar-refractivity contribution in [1.29, 1.82) is 0 Å². The van der Waals surface area contributed by atoms with E-state index in [1.165, 1.54) is 6.07 Å². The van der Waals surface area contributed by atoms with Crippen LogP contribution in [0.2, 0.25) is 0 Å². The number of phenols is 2. The highest BCUT2D eigenvalue weighted by molar-refractivity contribution is 5.58. The lowest BCUT2D eigenvalue weighted by molar-refractivity contribution is -0.277. The Hall–Kier alpha value is -1.58. The van der Waals surface area contributed by atoms with Gasteiger partial charge in [0.15, 0.2) is 11.5 Å². The van der Waals surface area contributed by atoms with Gasteiger partial charge in [-0.25, -0.2) is 0 Å². The number of phenolic OH excluding ortho intramolecular Hbond substituents is 2. The highest BCUT2D eigenvalue weighted by Gasteiger charge is 2.45. The van der Waals surface area contributed by atoms with E-state index in [2.05, 4.69) is 0 Å². The van der Waals surface area contributed by atoms with Gasteiger partial charge in [-0.3, -0.25) is 0 Å². The molecule has 1 heterocycles. The average molecular weight is 344 g/mol. The van der Waals surface area contributed by atoms with Gasteiger partial charge < -0.3 is 40.1 Å². The van der Waals surface area contributed by atoms with E-state index in [0.717, 1.165) is 0 Å². The molecule has 8 nitrogen and oxygen atoms in total. The Kier molecular flexibility index (Phi) is 5.56. The van der Waals surface area contributed by atoms with E-state index in [-0.39, 0.29) is 23.2 Å². The maximum atomic E-state index is 10.3. The minimum atomic E-state index is -1.61. The molecule has 0 bridgehead atoms. The van der Waals surface area contributed by atoms with Crippen LogP contribution >= 0.6 is 0 Å². The lowest BCUT2D eigenvalue weighted by Gasteiger charge is -2.40. The van der Waals surface area contributed by atoms with Crippen LogP contribution in [-0.2, 0) is 4.74 Å². The van der Waals surface area contributed by atoms with Crippen LogP contribution in [0, 0.1) is 6.92 Å². The van der Waals surface area contributed by atoms with E-state index in [1.54, 1.807) is 20.8 Å². The molecule has 1 saturated heterocycles. The molecule has 0 unspecified atom stereocenters. The molecular formula is C16H24O8. The quantitative estimate of drug-likeness (QED) is 0.410. The van der Waals surface area contributed by atoms with Crippen molar-refractivity contribution in [2.75, 3.05) is 6.61 Å². The first kappa shape index (κ1) is 18.8. The van der Waals surface area contributed by atoms with E-state index >= 15 is 0 Å². The Labute approximate surface area is 139 Å². The summed E-state index contributed by atoms with van der Waals surface area (Å²) in [4.78, 5) is 0. The molecule has 0 saturated carbocycles. The van der Waals surface area contributed by atoms with E-state index in [0.29, 0.717) is 11.1 Å². The number of hydrogen-bond donors (Lipinski definition) is 6. The first-order valence-electron chi connectivity index (χ1n) is 7.71. The third-order valence-corrected chi connectivity index (χ3v) is 4.12. The number of aromatic hydroxyl groups is 2. The Balaban J connectivity index is 2.40. The van der Waals surface area contributed by atoms with Crippen molar-refractivity contribution >= 4 is 0 Å². The second-order valence-electron chi connectivity index (χ2n) is 6.27. The van der Waals surface area contributed by atoms with Gasteiger partial charge in [-0.15, -0.1) is 0 Å². The highest BCUT2D eigenvalue weighted by atomic mass is 16.7. The molecule has 24 heavy (non-hydrogen) atoms. The van der Waals surface area contributed by atoms with Crippen LogP contribution in [0.4, 0.5) is 0 Å². The molecule has 1 aromatic rings. The molecule has 136 valence electrons. The van der Waals surface area contributed by atoms with Gasteiger partial charge in [-0.05, 0) is 24.5 Å². The Morgan fingerprint density at radius 3 is 2.29 bits per heavy atom. The highest BCUT2D eigenvalue weighted by Crippen LogP contribution is 2.44. The zero-order chi connectivity index (χ0) is 18.2. The fourth-order valence-corrected chi connectivity index (χ4v) is 2.73. The molecule has 0 spiro atoms. The fraction of sp³-hybridized carbons (Fsp3) is 0.625. The Bertz CT molecular complexity index is 586. The smallest absolute Gasteiger partial charge is 0.229 e. The number of aryl methyl sites for hydroxylation is 1. The van der Waals surface area contributed by atoms with Crippen molar-refractivity contribution in [3.8, 4) is 17.2 Å². The number of aliphatic hydroxyl groups excluding tert-OH is 4. The Morgan fingerprint density at radius 2 is 1.75 bits per heavy atom. The van der Waals surface area contributed by atoms with Crippen LogP contribution < -0.4 is 4.74 Å². The summed E-state index contributed by atoms with van der Waals surface area (Å²) in [6.07, 6.45) is -7.27. The Morgan fingerprint density at radius 1 is 1.12 bits per heavy atom. The van der Waals surface area contributed by atoms with Crippen LogP contribution in [0.3, 0.4) is 0 Å². The largest absolute Gasteiger partial charge is 0.508 e. The van der Waals surface area contributed by atoms with Crippen LogP contribution in [0.15, 0.2) is 6.07 Å². The first-order valence-corrected chi connectivity index (χ1v) is 7.71. The molecule has 1 aromatic carbocycles. The summed E-state index contributed by atoms with van der Waals surface area (Å²) in [5, 5.41) is 59.3. The van der Waals surface area contributed by atoms with Gasteiger partial charge in [-0.2, -0.15) is 0 Å². The molecule has 1 fully saturated rings. The molecule has 2 rings (SSSR count). The second-order valence-corrected chi connectivity index (χ2v) is 6.27. The SMILES string of the molecule is Cc1cc(O)c(C(C)C)c(O[C@@H]2O[C@H](CO)[C@@H](O)[C@H](O)[C@H]2O)c1O. The first-order chi connectivity index (χ1) is 11.2. The molecular weight excluding hydrogens is 320 g/mol. The summed E-state index contributed by atoms with van der Waals surface area (Å²) in [6, 6.07) is 1.39. The minimum absolute atomic E-state index is 0.0770. The van der Waals surface area contributed by atoms with Crippen molar-refractivity contribution in [3.63, 3.8) is 0 Å². The van der Waals surface area contributed by atoms with Gasteiger partial charge >= 0.3 is 0 Å². The van der Waals surface area contributed by atoms with Crippen LogP contribution in [-0.4, -0.2) is 68.0 Å². The second kappa shape index (κ2) is 7.12. The van der Waals surface area contributed by atoms with Gasteiger partial charge in [0.05, 0.1) is 6.61 Å². The standard InChI is InChI=1S/C16H24O8/c1-6(2)10-8(18)4-7(3)11(19)15(10)24-16-14(22)13(21)12(20)9(5-17)23-16/h4,6,9,12-14,16-22H,5H2,1-3H3/t9-,12-,13+,14-,16+/m1/s1. The maximum absolute atomic E-state index is 10.3. The van der Waals surface area contributed by atoms with Crippen LogP contribution in [0.5, 0.6) is 17.2 Å². The molecule has 0 aliphatic carbocycles. The average Bonchev–Trinajstić information content (AvgIpc) is 2.52. The zero-order valence-corrected chi connectivity index (χ0v) is 13.7. The van der Waals surface area contributed by atoms with E-state index < -0.39 is 37.3 Å². The summed E-state index contributed by atoms with van der Waals surface area (Å²) >= 11 is 0. The molecule has 0 aromatic heterocycles. The number of rotatable bonds is 4. The fourth-order valence-electron chi connectivity index (χ4n) is 2.73. The predicted molar refractivity (Wildman–Crippen MR) is 83.0 cm³/mol. The van der Waals surface area contributed by atoms with Crippen molar-refractivity contribution in [1.82, 2.24) is 0 Å². The summed E-state index contributed by atoms with van der Waals surface area (Å²) in [6.45, 7) is 4.54. The third kappa shape index (κ3) is 3.28. The summed E-state index contributed by atoms with van der Waals surface area (Å²) in [5.41, 5.74) is 0.673. The maximum Gasteiger partial charge on any atom is 0.229 e. The molecule has 5 atom stereocenters. The van der Waals surface area contributed by atoms with Crippen molar-refractivity contribution < 1.29 is 40.1 Å². The molecule has 0 amide bonds. The monoisotopic (exact) mass is 344 g/mol.